The van der Waals surface area contributed by atoms with Gasteiger partial charge in [0.1, 0.15) is 16.9 Å². The lowest BCUT2D eigenvalue weighted by Gasteiger charge is -2.02. The molecule has 0 saturated carbocycles. The van der Waals surface area contributed by atoms with Gasteiger partial charge in [-0.25, -0.2) is 4.98 Å². The Kier molecular flexibility index (Phi) is 4.52. The summed E-state index contributed by atoms with van der Waals surface area (Å²) in [7, 11) is 1.62. The number of hydrogen-bond donors (Lipinski definition) is 1. The second kappa shape index (κ2) is 6.13. The van der Waals surface area contributed by atoms with Gasteiger partial charge in [-0.05, 0) is 30.1 Å². The zero-order valence-electron chi connectivity index (χ0n) is 9.84. The van der Waals surface area contributed by atoms with E-state index in [-0.39, 0.29) is 0 Å². The van der Waals surface area contributed by atoms with E-state index in [1.54, 1.807) is 7.11 Å². The summed E-state index contributed by atoms with van der Waals surface area (Å²) in [6.45, 7) is 0. The van der Waals surface area contributed by atoms with Gasteiger partial charge >= 0.3 is 0 Å². The fraction of sp³-hybridized carbons (Fsp3) is 0.333. The summed E-state index contributed by atoms with van der Waals surface area (Å²) in [6.07, 6.45) is -0.242. The van der Waals surface area contributed by atoms with Crippen molar-refractivity contribution in [2.24, 2.45) is 0 Å². The molecule has 2 aromatic rings. The molecule has 0 aliphatic rings. The summed E-state index contributed by atoms with van der Waals surface area (Å²) in [5.41, 5.74) is 0.927. The number of rotatable bonds is 5. The summed E-state index contributed by atoms with van der Waals surface area (Å²) in [4.78, 5) is 4.32. The van der Waals surface area contributed by atoms with E-state index in [0.717, 1.165) is 16.3 Å². The number of nitrogens with zero attached hydrogens (tertiary/aromatic N) is 2. The topological polar surface area (TPSA) is 55.2 Å². The van der Waals surface area contributed by atoms with Gasteiger partial charge in [0.2, 0.25) is 0 Å². The zero-order valence-corrected chi connectivity index (χ0v) is 11.4. The van der Waals surface area contributed by atoms with Crippen molar-refractivity contribution in [1.29, 1.82) is 0 Å². The zero-order chi connectivity index (χ0) is 13.0. The second-order valence-electron chi connectivity index (χ2n) is 3.68. The molecule has 1 heterocycles. The SMILES string of the molecule is COc1cccc(-c2nc(C(O)CCCl)ns2)c1. The standard InChI is InChI=1S/C12H13ClN2O2S/c1-17-9-4-2-3-8(7-9)12-14-11(15-18-12)10(16)5-6-13/h2-4,7,10,16H,5-6H2,1H3. The first kappa shape index (κ1) is 13.3. The highest BCUT2D eigenvalue weighted by Gasteiger charge is 2.14. The quantitative estimate of drug-likeness (QED) is 0.858. The Morgan fingerprint density at radius 1 is 1.50 bits per heavy atom. The highest BCUT2D eigenvalue weighted by atomic mass is 35.5. The Labute approximate surface area is 114 Å². The number of aliphatic hydroxyl groups excluding tert-OH is 1. The molecule has 1 aromatic carbocycles. The number of hydrogen-bond acceptors (Lipinski definition) is 5. The molecule has 0 aliphatic heterocycles. The Hall–Kier alpha value is -1.17. The average Bonchev–Trinajstić information content (AvgIpc) is 2.89. The molecule has 0 bridgehead atoms. The molecular weight excluding hydrogens is 272 g/mol. The maximum Gasteiger partial charge on any atom is 0.171 e. The minimum absolute atomic E-state index is 0.384. The van der Waals surface area contributed by atoms with E-state index in [9.17, 15) is 5.11 Å². The predicted molar refractivity (Wildman–Crippen MR) is 72.2 cm³/mol. The summed E-state index contributed by atoms with van der Waals surface area (Å²) >= 11 is 6.84. The minimum Gasteiger partial charge on any atom is -0.497 e. The van der Waals surface area contributed by atoms with Crippen LogP contribution >= 0.6 is 23.1 Å². The van der Waals surface area contributed by atoms with Gasteiger partial charge in [0.25, 0.3) is 0 Å². The molecule has 0 amide bonds. The third-order valence-electron chi connectivity index (χ3n) is 2.44. The van der Waals surface area contributed by atoms with Gasteiger partial charge in [0.05, 0.1) is 7.11 Å². The number of ether oxygens (including phenoxy) is 1. The van der Waals surface area contributed by atoms with Crippen LogP contribution in [0.1, 0.15) is 18.3 Å². The van der Waals surface area contributed by atoms with Crippen LogP contribution in [0.3, 0.4) is 0 Å². The van der Waals surface area contributed by atoms with E-state index in [2.05, 4.69) is 9.36 Å². The summed E-state index contributed by atoms with van der Waals surface area (Å²) in [6, 6.07) is 7.58. The largest absolute Gasteiger partial charge is 0.497 e. The van der Waals surface area contributed by atoms with Gasteiger partial charge in [-0.3, -0.25) is 0 Å². The number of methoxy groups -OCH3 is 1. The molecule has 6 heteroatoms. The number of benzene rings is 1. The maximum absolute atomic E-state index is 9.75. The first-order valence-electron chi connectivity index (χ1n) is 5.46. The molecule has 4 nitrogen and oxygen atoms in total. The molecular formula is C12H13ClN2O2S. The molecule has 1 atom stereocenters. The first-order valence-corrected chi connectivity index (χ1v) is 6.77. The minimum atomic E-state index is -0.696. The van der Waals surface area contributed by atoms with Crippen LogP contribution in [0.2, 0.25) is 0 Å². The van der Waals surface area contributed by atoms with Crippen molar-refractivity contribution in [3.8, 4) is 16.3 Å². The molecule has 0 fully saturated rings. The summed E-state index contributed by atoms with van der Waals surface area (Å²) in [5.74, 6) is 1.58. The van der Waals surface area contributed by atoms with Crippen LogP contribution in [-0.2, 0) is 0 Å². The van der Waals surface area contributed by atoms with Crippen molar-refractivity contribution in [3.05, 3.63) is 30.1 Å². The maximum atomic E-state index is 9.75. The monoisotopic (exact) mass is 284 g/mol. The molecule has 1 unspecified atom stereocenters. The molecule has 0 saturated heterocycles. The lowest BCUT2D eigenvalue weighted by Crippen LogP contribution is -2.00. The third kappa shape index (κ3) is 2.98. The third-order valence-corrected chi connectivity index (χ3v) is 3.44. The lowest BCUT2D eigenvalue weighted by molar-refractivity contribution is 0.166. The van der Waals surface area contributed by atoms with Crippen molar-refractivity contribution in [2.45, 2.75) is 12.5 Å². The van der Waals surface area contributed by atoms with Crippen molar-refractivity contribution in [1.82, 2.24) is 9.36 Å². The van der Waals surface area contributed by atoms with Gasteiger partial charge < -0.3 is 9.84 Å². The van der Waals surface area contributed by atoms with E-state index in [4.69, 9.17) is 16.3 Å². The molecule has 18 heavy (non-hydrogen) atoms. The van der Waals surface area contributed by atoms with Gasteiger partial charge in [-0.2, -0.15) is 4.37 Å². The van der Waals surface area contributed by atoms with E-state index in [1.165, 1.54) is 11.5 Å². The van der Waals surface area contributed by atoms with Crippen LogP contribution in [0.25, 0.3) is 10.6 Å². The highest BCUT2D eigenvalue weighted by molar-refractivity contribution is 7.09. The molecule has 1 aromatic heterocycles. The normalized spacial score (nSPS) is 12.4. The fourth-order valence-electron chi connectivity index (χ4n) is 1.48. The van der Waals surface area contributed by atoms with E-state index in [1.807, 2.05) is 24.3 Å². The second-order valence-corrected chi connectivity index (χ2v) is 4.81. The van der Waals surface area contributed by atoms with Crippen molar-refractivity contribution >= 4 is 23.1 Å². The molecule has 0 aliphatic carbocycles. The summed E-state index contributed by atoms with van der Waals surface area (Å²) in [5, 5.41) is 10.5. The molecule has 0 radical (unpaired) electrons. The van der Waals surface area contributed by atoms with Crippen LogP contribution in [0.15, 0.2) is 24.3 Å². The predicted octanol–water partition coefficient (Wildman–Crippen LogP) is 2.88. The van der Waals surface area contributed by atoms with Crippen molar-refractivity contribution in [3.63, 3.8) is 0 Å². The van der Waals surface area contributed by atoms with Crippen LogP contribution in [0, 0.1) is 0 Å². The summed E-state index contributed by atoms with van der Waals surface area (Å²) < 4.78 is 9.31. The average molecular weight is 285 g/mol. The van der Waals surface area contributed by atoms with Gasteiger partial charge in [0.15, 0.2) is 5.82 Å². The van der Waals surface area contributed by atoms with Gasteiger partial charge in [-0.1, -0.05) is 12.1 Å². The lowest BCUT2D eigenvalue weighted by atomic mass is 10.2. The van der Waals surface area contributed by atoms with E-state index >= 15 is 0 Å². The smallest absolute Gasteiger partial charge is 0.171 e. The number of alkyl halides is 1. The van der Waals surface area contributed by atoms with Crippen LogP contribution < -0.4 is 4.74 Å². The Bertz CT molecular complexity index is 518. The molecule has 0 spiro atoms. The molecule has 96 valence electrons. The van der Waals surface area contributed by atoms with Crippen LogP contribution in [0.4, 0.5) is 0 Å². The number of aromatic nitrogens is 2. The molecule has 2 rings (SSSR count). The Balaban J connectivity index is 2.23. The first-order chi connectivity index (χ1) is 8.74. The van der Waals surface area contributed by atoms with Crippen LogP contribution in [-0.4, -0.2) is 27.5 Å². The fourth-order valence-corrected chi connectivity index (χ4v) is 2.39. The van der Waals surface area contributed by atoms with E-state index in [0.29, 0.717) is 18.1 Å². The Morgan fingerprint density at radius 3 is 3.06 bits per heavy atom. The van der Waals surface area contributed by atoms with Crippen molar-refractivity contribution in [2.75, 3.05) is 13.0 Å². The van der Waals surface area contributed by atoms with Gasteiger partial charge in [0, 0.05) is 11.4 Å². The van der Waals surface area contributed by atoms with E-state index < -0.39 is 6.10 Å². The number of halogens is 1. The molecule has 1 N–H and O–H groups in total. The van der Waals surface area contributed by atoms with Crippen LogP contribution in [0.5, 0.6) is 5.75 Å². The Morgan fingerprint density at radius 2 is 2.33 bits per heavy atom. The van der Waals surface area contributed by atoms with Crippen molar-refractivity contribution < 1.29 is 9.84 Å². The number of aliphatic hydroxyl groups is 1. The highest BCUT2D eigenvalue weighted by Crippen LogP contribution is 2.27. The van der Waals surface area contributed by atoms with Gasteiger partial charge in [-0.15, -0.1) is 11.6 Å².